The second-order valence-corrected chi connectivity index (χ2v) is 6.70. The number of nitrogens with zero attached hydrogens (tertiary/aromatic N) is 2. The van der Waals surface area contributed by atoms with Gasteiger partial charge in [-0.25, -0.2) is 4.98 Å². The summed E-state index contributed by atoms with van der Waals surface area (Å²) in [5.74, 6) is 2.52. The molecule has 2 bridgehead atoms. The second kappa shape index (κ2) is 4.10. The zero-order valence-electron chi connectivity index (χ0n) is 12.3. The Bertz CT molecular complexity index is 820. The zero-order chi connectivity index (χ0) is 14.0. The van der Waals surface area contributed by atoms with Crippen LogP contribution >= 0.6 is 0 Å². The highest BCUT2D eigenvalue weighted by Crippen LogP contribution is 2.42. The fourth-order valence-electron chi connectivity index (χ4n) is 4.45. The third-order valence-electron chi connectivity index (χ3n) is 5.50. The van der Waals surface area contributed by atoms with Crippen molar-refractivity contribution in [3.8, 4) is 0 Å². The van der Waals surface area contributed by atoms with E-state index in [4.69, 9.17) is 4.98 Å². The Labute approximate surface area is 123 Å². The van der Waals surface area contributed by atoms with Crippen LogP contribution in [0.15, 0.2) is 18.3 Å². The van der Waals surface area contributed by atoms with Crippen molar-refractivity contribution in [3.63, 3.8) is 0 Å². The molecule has 21 heavy (non-hydrogen) atoms. The Morgan fingerprint density at radius 2 is 2.00 bits per heavy atom. The molecule has 6 rings (SSSR count). The number of rotatable bonds is 1. The van der Waals surface area contributed by atoms with Crippen molar-refractivity contribution in [2.45, 2.75) is 25.7 Å². The van der Waals surface area contributed by atoms with Gasteiger partial charge in [0.05, 0.1) is 11.0 Å². The van der Waals surface area contributed by atoms with Crippen molar-refractivity contribution >= 4 is 21.9 Å². The topological polar surface area (TPSA) is 47.7 Å². The second-order valence-electron chi connectivity index (χ2n) is 6.70. The molecule has 0 aliphatic carbocycles. The van der Waals surface area contributed by atoms with Gasteiger partial charge < -0.3 is 14.9 Å². The molecule has 2 N–H and O–H groups in total. The highest BCUT2D eigenvalue weighted by atomic mass is 15.1. The molecule has 3 aliphatic heterocycles. The van der Waals surface area contributed by atoms with Crippen molar-refractivity contribution in [2.24, 2.45) is 5.92 Å². The summed E-state index contributed by atoms with van der Waals surface area (Å²) >= 11 is 0. The van der Waals surface area contributed by atoms with Crippen LogP contribution in [0.1, 0.15) is 30.1 Å². The first-order valence-electron chi connectivity index (χ1n) is 7.98. The van der Waals surface area contributed by atoms with Gasteiger partial charge in [-0.15, -0.1) is 0 Å². The Hall–Kier alpha value is -1.81. The number of imidazole rings is 1. The van der Waals surface area contributed by atoms with E-state index in [1.807, 2.05) is 6.92 Å². The predicted molar refractivity (Wildman–Crippen MR) is 84.6 cm³/mol. The Kier molecular flexibility index (Phi) is 2.31. The van der Waals surface area contributed by atoms with E-state index in [-0.39, 0.29) is 0 Å². The molecular formula is C17H20N4. The monoisotopic (exact) mass is 280 g/mol. The van der Waals surface area contributed by atoms with E-state index in [2.05, 4.69) is 33.2 Å². The lowest BCUT2D eigenvalue weighted by atomic mass is 9.75. The van der Waals surface area contributed by atoms with E-state index in [1.54, 1.807) is 0 Å². The summed E-state index contributed by atoms with van der Waals surface area (Å²) in [6.45, 7) is 5.84. The first-order chi connectivity index (χ1) is 10.3. The summed E-state index contributed by atoms with van der Waals surface area (Å²) in [7, 11) is 0. The van der Waals surface area contributed by atoms with Crippen molar-refractivity contribution in [1.29, 1.82) is 0 Å². The van der Waals surface area contributed by atoms with E-state index in [0.717, 1.165) is 22.8 Å². The van der Waals surface area contributed by atoms with E-state index >= 15 is 0 Å². The highest BCUT2D eigenvalue weighted by molar-refractivity contribution is 6.05. The van der Waals surface area contributed by atoms with Crippen LogP contribution in [-0.2, 0) is 0 Å². The average Bonchev–Trinajstić information content (AvgIpc) is 3.10. The maximum Gasteiger partial charge on any atom is 0.104 e. The number of H-pyrrole nitrogens is 2. The van der Waals surface area contributed by atoms with Gasteiger partial charge in [-0.2, -0.15) is 0 Å². The number of piperidine rings is 3. The standard InChI is InChI=1S/C17H20N4/c1-10-19-15-3-2-14-16(17(15)20-10)12(8-18-14)13-9-21-6-4-11(13)5-7-21/h2-3,8,11,13,18H,4-7,9H2,1H3,(H,19,20). The van der Waals surface area contributed by atoms with Crippen LogP contribution in [0.5, 0.6) is 0 Å². The minimum Gasteiger partial charge on any atom is -0.361 e. The van der Waals surface area contributed by atoms with Gasteiger partial charge >= 0.3 is 0 Å². The summed E-state index contributed by atoms with van der Waals surface area (Å²) in [4.78, 5) is 14.2. The summed E-state index contributed by atoms with van der Waals surface area (Å²) in [6, 6.07) is 4.31. The summed E-state index contributed by atoms with van der Waals surface area (Å²) < 4.78 is 0. The predicted octanol–water partition coefficient (Wildman–Crippen LogP) is 3.16. The molecule has 2 aromatic heterocycles. The van der Waals surface area contributed by atoms with Crippen LogP contribution in [-0.4, -0.2) is 39.5 Å². The number of aromatic nitrogens is 3. The van der Waals surface area contributed by atoms with Crippen molar-refractivity contribution < 1.29 is 0 Å². The van der Waals surface area contributed by atoms with E-state index < -0.39 is 0 Å². The maximum atomic E-state index is 4.74. The number of hydrogen-bond acceptors (Lipinski definition) is 2. The molecule has 3 fully saturated rings. The first kappa shape index (κ1) is 11.8. The van der Waals surface area contributed by atoms with Gasteiger partial charge in [-0.05, 0) is 56.5 Å². The fourth-order valence-corrected chi connectivity index (χ4v) is 4.45. The van der Waals surface area contributed by atoms with Gasteiger partial charge in [-0.3, -0.25) is 0 Å². The quantitative estimate of drug-likeness (QED) is 0.719. The SMILES string of the molecule is Cc1nc2c(ccc3[nH]cc(C4CN5CCC4CC5)c32)[nH]1. The first-order valence-corrected chi connectivity index (χ1v) is 7.98. The number of fused-ring (bicyclic) bond motifs is 6. The number of benzene rings is 1. The van der Waals surface area contributed by atoms with Crippen molar-refractivity contribution in [3.05, 3.63) is 29.7 Å². The molecule has 3 aliphatic rings. The van der Waals surface area contributed by atoms with Crippen molar-refractivity contribution in [1.82, 2.24) is 19.9 Å². The van der Waals surface area contributed by atoms with Gasteiger partial charge in [-0.1, -0.05) is 0 Å². The zero-order valence-corrected chi connectivity index (χ0v) is 12.3. The summed E-state index contributed by atoms with van der Waals surface area (Å²) in [6.07, 6.45) is 4.94. The molecule has 5 heterocycles. The minimum atomic E-state index is 0.670. The van der Waals surface area contributed by atoms with Crippen LogP contribution in [0.25, 0.3) is 21.9 Å². The molecule has 0 amide bonds. The van der Waals surface area contributed by atoms with Crippen LogP contribution in [0.3, 0.4) is 0 Å². The molecule has 0 spiro atoms. The van der Waals surface area contributed by atoms with Gasteiger partial charge in [0, 0.05) is 29.6 Å². The molecule has 3 saturated heterocycles. The summed E-state index contributed by atoms with van der Waals surface area (Å²) in [5.41, 5.74) is 5.00. The Balaban J connectivity index is 1.74. The van der Waals surface area contributed by atoms with Crippen LogP contribution in [0.2, 0.25) is 0 Å². The van der Waals surface area contributed by atoms with Gasteiger partial charge in [0.1, 0.15) is 5.82 Å². The molecule has 0 radical (unpaired) electrons. The van der Waals surface area contributed by atoms with E-state index in [9.17, 15) is 0 Å². The van der Waals surface area contributed by atoms with E-state index in [0.29, 0.717) is 5.92 Å². The lowest BCUT2D eigenvalue weighted by molar-refractivity contribution is 0.0877. The third-order valence-corrected chi connectivity index (χ3v) is 5.50. The molecule has 0 saturated carbocycles. The van der Waals surface area contributed by atoms with Crippen LogP contribution in [0.4, 0.5) is 0 Å². The third kappa shape index (κ3) is 1.62. The number of hydrogen-bond donors (Lipinski definition) is 2. The van der Waals surface area contributed by atoms with Gasteiger partial charge in [0.2, 0.25) is 0 Å². The number of aryl methyl sites for hydroxylation is 1. The van der Waals surface area contributed by atoms with Crippen molar-refractivity contribution in [2.75, 3.05) is 19.6 Å². The van der Waals surface area contributed by atoms with Gasteiger partial charge in [0.25, 0.3) is 0 Å². The largest absolute Gasteiger partial charge is 0.361 e. The Morgan fingerprint density at radius 1 is 1.19 bits per heavy atom. The molecule has 3 aromatic rings. The molecule has 1 atom stereocenters. The molecule has 1 unspecified atom stereocenters. The number of nitrogens with one attached hydrogen (secondary N) is 2. The van der Waals surface area contributed by atoms with E-state index in [1.165, 1.54) is 48.9 Å². The fraction of sp³-hybridized carbons (Fsp3) is 0.471. The lowest BCUT2D eigenvalue weighted by Crippen LogP contribution is -2.46. The normalized spacial score (nSPS) is 28.7. The lowest BCUT2D eigenvalue weighted by Gasteiger charge is -2.44. The maximum absolute atomic E-state index is 4.74. The van der Waals surface area contributed by atoms with Crippen LogP contribution < -0.4 is 0 Å². The van der Waals surface area contributed by atoms with Crippen LogP contribution in [0, 0.1) is 12.8 Å². The molecule has 4 heteroatoms. The Morgan fingerprint density at radius 3 is 2.76 bits per heavy atom. The number of aromatic amines is 2. The average molecular weight is 280 g/mol. The highest BCUT2D eigenvalue weighted by Gasteiger charge is 2.36. The minimum absolute atomic E-state index is 0.670. The molecule has 108 valence electrons. The molecule has 1 aromatic carbocycles. The molecular weight excluding hydrogens is 260 g/mol. The van der Waals surface area contributed by atoms with Gasteiger partial charge in [0.15, 0.2) is 0 Å². The summed E-state index contributed by atoms with van der Waals surface area (Å²) in [5, 5.41) is 1.34. The molecule has 4 nitrogen and oxygen atoms in total. The smallest absolute Gasteiger partial charge is 0.104 e.